The molecule has 0 saturated heterocycles. The molecule has 0 aliphatic heterocycles. The Kier molecular flexibility index (Phi) is 5.64. The molecular weight excluding hydrogens is 270 g/mol. The number of hydrogen-bond acceptors (Lipinski definition) is 5. The second-order valence-corrected chi connectivity index (χ2v) is 5.77. The molecule has 0 unspecified atom stereocenters. The van der Waals surface area contributed by atoms with E-state index < -0.39 is 0 Å². The van der Waals surface area contributed by atoms with Crippen LogP contribution in [0.25, 0.3) is 10.6 Å². The summed E-state index contributed by atoms with van der Waals surface area (Å²) in [6.45, 7) is 6.68. The number of rotatable bonds is 7. The summed E-state index contributed by atoms with van der Waals surface area (Å²) in [5.74, 6) is 0. The van der Waals surface area contributed by atoms with Crippen molar-refractivity contribution in [3.63, 3.8) is 0 Å². The predicted molar refractivity (Wildman–Crippen MR) is 82.8 cm³/mol. The number of nitrogens with zero attached hydrogens (tertiary/aromatic N) is 2. The topological polar surface area (TPSA) is 47.0 Å². The van der Waals surface area contributed by atoms with Crippen molar-refractivity contribution in [1.82, 2.24) is 15.3 Å². The Labute approximate surface area is 124 Å². The zero-order valence-corrected chi connectivity index (χ0v) is 13.1. The SMILES string of the molecule is CCCNCc1sc(-c2cnccc2C)nc1COC. The van der Waals surface area contributed by atoms with Gasteiger partial charge < -0.3 is 10.1 Å². The van der Waals surface area contributed by atoms with Crippen molar-refractivity contribution in [3.05, 3.63) is 34.6 Å². The summed E-state index contributed by atoms with van der Waals surface area (Å²) in [7, 11) is 1.71. The van der Waals surface area contributed by atoms with E-state index in [4.69, 9.17) is 9.72 Å². The highest BCUT2D eigenvalue weighted by atomic mass is 32.1. The van der Waals surface area contributed by atoms with E-state index in [0.717, 1.165) is 35.8 Å². The Morgan fingerprint density at radius 3 is 2.95 bits per heavy atom. The number of aromatic nitrogens is 2. The molecule has 2 rings (SSSR count). The Morgan fingerprint density at radius 2 is 2.25 bits per heavy atom. The van der Waals surface area contributed by atoms with Crippen molar-refractivity contribution < 1.29 is 4.74 Å². The first-order chi connectivity index (χ1) is 9.76. The van der Waals surface area contributed by atoms with Crippen molar-refractivity contribution in [1.29, 1.82) is 0 Å². The van der Waals surface area contributed by atoms with Gasteiger partial charge in [0.05, 0.1) is 12.3 Å². The lowest BCUT2D eigenvalue weighted by Crippen LogP contribution is -2.14. The minimum atomic E-state index is 0.555. The van der Waals surface area contributed by atoms with Crippen LogP contribution in [-0.4, -0.2) is 23.6 Å². The van der Waals surface area contributed by atoms with Crippen molar-refractivity contribution in [2.24, 2.45) is 0 Å². The molecule has 4 nitrogen and oxygen atoms in total. The number of methoxy groups -OCH3 is 1. The lowest BCUT2D eigenvalue weighted by Gasteiger charge is -2.02. The fraction of sp³-hybridized carbons (Fsp3) is 0.467. The van der Waals surface area contributed by atoms with E-state index in [0.29, 0.717) is 6.61 Å². The predicted octanol–water partition coefficient (Wildman–Crippen LogP) is 3.16. The van der Waals surface area contributed by atoms with Crippen LogP contribution >= 0.6 is 11.3 Å². The summed E-state index contributed by atoms with van der Waals surface area (Å²) in [6.07, 6.45) is 4.83. The average Bonchev–Trinajstić information content (AvgIpc) is 2.83. The number of aryl methyl sites for hydroxylation is 1. The number of nitrogens with one attached hydrogen (secondary N) is 1. The van der Waals surface area contributed by atoms with E-state index in [-0.39, 0.29) is 0 Å². The van der Waals surface area contributed by atoms with Gasteiger partial charge in [-0.3, -0.25) is 4.98 Å². The van der Waals surface area contributed by atoms with Gasteiger partial charge in [0.1, 0.15) is 5.01 Å². The molecule has 108 valence electrons. The molecule has 2 aromatic rings. The summed E-state index contributed by atoms with van der Waals surface area (Å²) in [6, 6.07) is 2.02. The van der Waals surface area contributed by atoms with Gasteiger partial charge in [-0.05, 0) is 31.5 Å². The normalized spacial score (nSPS) is 10.9. The van der Waals surface area contributed by atoms with Gasteiger partial charge in [0.15, 0.2) is 0 Å². The third-order valence-electron chi connectivity index (χ3n) is 3.04. The largest absolute Gasteiger partial charge is 0.378 e. The molecule has 0 bridgehead atoms. The van der Waals surface area contributed by atoms with E-state index in [9.17, 15) is 0 Å². The molecule has 0 spiro atoms. The molecule has 2 heterocycles. The van der Waals surface area contributed by atoms with Gasteiger partial charge in [-0.2, -0.15) is 0 Å². The van der Waals surface area contributed by atoms with Crippen LogP contribution in [0.1, 0.15) is 29.5 Å². The number of thiazole rings is 1. The summed E-state index contributed by atoms with van der Waals surface area (Å²) in [5.41, 5.74) is 3.33. The minimum absolute atomic E-state index is 0.555. The lowest BCUT2D eigenvalue weighted by molar-refractivity contribution is 0.181. The highest BCUT2D eigenvalue weighted by Gasteiger charge is 2.13. The van der Waals surface area contributed by atoms with Gasteiger partial charge in [0.25, 0.3) is 0 Å². The van der Waals surface area contributed by atoms with E-state index in [1.54, 1.807) is 18.4 Å². The molecule has 0 atom stereocenters. The molecule has 0 aliphatic carbocycles. The summed E-state index contributed by atoms with van der Waals surface area (Å²) in [5, 5.41) is 4.45. The maximum absolute atomic E-state index is 5.26. The van der Waals surface area contributed by atoms with E-state index in [1.807, 2.05) is 18.5 Å². The standard InChI is InChI=1S/C15H21N3OS/c1-4-6-16-9-14-13(10-19-3)18-15(20-14)12-8-17-7-5-11(12)2/h5,7-8,16H,4,6,9-10H2,1-3H3. The van der Waals surface area contributed by atoms with Gasteiger partial charge in [-0.25, -0.2) is 4.98 Å². The fourth-order valence-corrected chi connectivity index (χ4v) is 3.06. The Bertz CT molecular complexity index is 554. The molecule has 0 saturated carbocycles. The molecule has 0 amide bonds. The average molecular weight is 291 g/mol. The molecule has 0 aromatic carbocycles. The molecule has 5 heteroatoms. The van der Waals surface area contributed by atoms with Crippen LogP contribution in [0.15, 0.2) is 18.5 Å². The first-order valence-electron chi connectivity index (χ1n) is 6.85. The third-order valence-corrected chi connectivity index (χ3v) is 4.17. The zero-order valence-electron chi connectivity index (χ0n) is 12.3. The van der Waals surface area contributed by atoms with Gasteiger partial charge in [0, 0.05) is 36.5 Å². The summed E-state index contributed by atoms with van der Waals surface area (Å²) >= 11 is 1.72. The van der Waals surface area contributed by atoms with E-state index in [2.05, 4.69) is 24.1 Å². The van der Waals surface area contributed by atoms with Crippen LogP contribution in [0.3, 0.4) is 0 Å². The fourth-order valence-electron chi connectivity index (χ4n) is 1.95. The maximum Gasteiger partial charge on any atom is 0.125 e. The molecule has 2 aromatic heterocycles. The van der Waals surface area contributed by atoms with Gasteiger partial charge in [-0.15, -0.1) is 11.3 Å². The maximum atomic E-state index is 5.26. The Hall–Kier alpha value is -1.30. The molecule has 0 aliphatic rings. The number of pyridine rings is 1. The quantitative estimate of drug-likeness (QED) is 0.796. The minimum Gasteiger partial charge on any atom is -0.378 e. The molecule has 1 N–H and O–H groups in total. The highest BCUT2D eigenvalue weighted by Crippen LogP contribution is 2.30. The second-order valence-electron chi connectivity index (χ2n) is 4.69. The zero-order chi connectivity index (χ0) is 14.4. The van der Waals surface area contributed by atoms with Crippen LogP contribution in [0, 0.1) is 6.92 Å². The molecular formula is C15H21N3OS. The van der Waals surface area contributed by atoms with Crippen molar-refractivity contribution in [3.8, 4) is 10.6 Å². The Morgan fingerprint density at radius 1 is 1.40 bits per heavy atom. The van der Waals surface area contributed by atoms with E-state index >= 15 is 0 Å². The monoisotopic (exact) mass is 291 g/mol. The third kappa shape index (κ3) is 3.62. The smallest absolute Gasteiger partial charge is 0.125 e. The first-order valence-corrected chi connectivity index (χ1v) is 7.67. The van der Waals surface area contributed by atoms with Gasteiger partial charge in [-0.1, -0.05) is 6.92 Å². The van der Waals surface area contributed by atoms with Crippen molar-refractivity contribution in [2.75, 3.05) is 13.7 Å². The Balaban J connectivity index is 2.26. The second kappa shape index (κ2) is 7.47. The van der Waals surface area contributed by atoms with Crippen molar-refractivity contribution in [2.45, 2.75) is 33.4 Å². The summed E-state index contributed by atoms with van der Waals surface area (Å²) in [4.78, 5) is 10.2. The van der Waals surface area contributed by atoms with Gasteiger partial charge in [0.2, 0.25) is 0 Å². The number of hydrogen-bond donors (Lipinski definition) is 1. The first kappa shape index (κ1) is 15.1. The van der Waals surface area contributed by atoms with Crippen LogP contribution < -0.4 is 5.32 Å². The van der Waals surface area contributed by atoms with Crippen LogP contribution in [-0.2, 0) is 17.9 Å². The highest BCUT2D eigenvalue weighted by molar-refractivity contribution is 7.15. The van der Waals surface area contributed by atoms with Crippen LogP contribution in [0.2, 0.25) is 0 Å². The molecule has 20 heavy (non-hydrogen) atoms. The van der Waals surface area contributed by atoms with Crippen LogP contribution in [0.4, 0.5) is 0 Å². The lowest BCUT2D eigenvalue weighted by atomic mass is 10.2. The van der Waals surface area contributed by atoms with E-state index in [1.165, 1.54) is 10.4 Å². The van der Waals surface area contributed by atoms with Crippen LogP contribution in [0.5, 0.6) is 0 Å². The van der Waals surface area contributed by atoms with Gasteiger partial charge >= 0.3 is 0 Å². The summed E-state index contributed by atoms with van der Waals surface area (Å²) < 4.78 is 5.26. The van der Waals surface area contributed by atoms with Crippen molar-refractivity contribution >= 4 is 11.3 Å². The molecule has 0 fully saturated rings. The number of ether oxygens (including phenoxy) is 1. The molecule has 0 radical (unpaired) electrons.